The highest BCUT2D eigenvalue weighted by atomic mass is 32.2. The van der Waals surface area contributed by atoms with Crippen molar-refractivity contribution >= 4 is 16.0 Å². The first kappa shape index (κ1) is 15.4. The molecule has 106 valence electrons. The summed E-state index contributed by atoms with van der Waals surface area (Å²) in [6.07, 6.45) is -5.34. The zero-order chi connectivity index (χ0) is 14.7. The van der Waals surface area contributed by atoms with Crippen LogP contribution in [0, 0.1) is 0 Å². The first-order chi connectivity index (χ1) is 8.63. The van der Waals surface area contributed by atoms with Crippen molar-refractivity contribution in [1.29, 1.82) is 0 Å². The Morgan fingerprint density at radius 2 is 1.74 bits per heavy atom. The molecule has 0 spiro atoms. The average molecular weight is 299 g/mol. The van der Waals surface area contributed by atoms with Crippen LogP contribution in [0.1, 0.15) is 6.92 Å². The van der Waals surface area contributed by atoms with E-state index in [4.69, 9.17) is 0 Å². The minimum atomic E-state index is -5.34. The Hall–Kier alpha value is -1.65. The van der Waals surface area contributed by atoms with Crippen molar-refractivity contribution in [1.82, 2.24) is 4.63 Å². The lowest BCUT2D eigenvalue weighted by molar-refractivity contribution is -0.447. The minimum absolute atomic E-state index is 0.527. The SMILES string of the molecule is CC(=O)ON(OC(F)(F)F)S(=O)(=O)c1ccccc1. The van der Waals surface area contributed by atoms with E-state index in [0.717, 1.165) is 19.1 Å². The standard InChI is InChI=1S/C9H8F3NO5S/c1-7(14)17-13(18-9(10,11)12)19(15,16)8-5-3-2-4-6-8/h2-6H,1H3. The van der Waals surface area contributed by atoms with E-state index in [1.165, 1.54) is 18.2 Å². The molecular weight excluding hydrogens is 291 g/mol. The first-order valence-corrected chi connectivity index (χ1v) is 6.12. The molecule has 1 aromatic carbocycles. The van der Waals surface area contributed by atoms with E-state index >= 15 is 0 Å². The molecule has 0 aromatic heterocycles. The summed E-state index contributed by atoms with van der Waals surface area (Å²) in [4.78, 5) is 17.2. The van der Waals surface area contributed by atoms with Crippen molar-refractivity contribution in [2.24, 2.45) is 0 Å². The van der Waals surface area contributed by atoms with Crippen molar-refractivity contribution in [2.75, 3.05) is 0 Å². The smallest absolute Gasteiger partial charge is 0.327 e. The highest BCUT2D eigenvalue weighted by Gasteiger charge is 2.41. The molecule has 0 aliphatic carbocycles. The lowest BCUT2D eigenvalue weighted by Crippen LogP contribution is -2.37. The molecule has 0 saturated carbocycles. The molecule has 1 aromatic rings. The summed E-state index contributed by atoms with van der Waals surface area (Å²) in [6.45, 7) is 0.729. The van der Waals surface area contributed by atoms with Crippen molar-refractivity contribution in [3.63, 3.8) is 0 Å². The third-order valence-electron chi connectivity index (χ3n) is 1.62. The number of hydrogen-bond donors (Lipinski definition) is 0. The average Bonchev–Trinajstić information content (AvgIpc) is 2.27. The van der Waals surface area contributed by atoms with E-state index in [-0.39, 0.29) is 0 Å². The van der Waals surface area contributed by atoms with E-state index in [0.29, 0.717) is 0 Å². The van der Waals surface area contributed by atoms with Gasteiger partial charge in [-0.3, -0.25) is 4.79 Å². The summed E-state index contributed by atoms with van der Waals surface area (Å²) in [5.74, 6) is -1.29. The van der Waals surface area contributed by atoms with Crippen LogP contribution >= 0.6 is 0 Å². The summed E-state index contributed by atoms with van der Waals surface area (Å²) in [5, 5.41) is 0. The van der Waals surface area contributed by atoms with Gasteiger partial charge in [0.25, 0.3) is 10.0 Å². The predicted molar refractivity (Wildman–Crippen MR) is 54.4 cm³/mol. The molecule has 0 saturated heterocycles. The molecule has 0 radical (unpaired) electrons. The lowest BCUT2D eigenvalue weighted by atomic mass is 10.4. The van der Waals surface area contributed by atoms with Crippen LogP contribution in [0.5, 0.6) is 0 Å². The Labute approximate surface area is 106 Å². The van der Waals surface area contributed by atoms with Gasteiger partial charge in [0, 0.05) is 6.92 Å². The number of nitrogens with zero attached hydrogens (tertiary/aromatic N) is 1. The van der Waals surface area contributed by atoms with Gasteiger partial charge in [-0.05, 0) is 12.1 Å². The number of carbonyl (C=O) groups excluding carboxylic acids is 1. The molecule has 0 amide bonds. The van der Waals surface area contributed by atoms with Crippen LogP contribution in [-0.2, 0) is 24.5 Å². The zero-order valence-electron chi connectivity index (χ0n) is 9.42. The number of benzene rings is 1. The molecular formula is C9H8F3NO5S. The van der Waals surface area contributed by atoms with Gasteiger partial charge in [0.2, 0.25) is 0 Å². The van der Waals surface area contributed by atoms with Crippen LogP contribution < -0.4 is 0 Å². The van der Waals surface area contributed by atoms with Gasteiger partial charge in [-0.15, -0.1) is 18.0 Å². The summed E-state index contributed by atoms with van der Waals surface area (Å²) >= 11 is 0. The Balaban J connectivity index is 3.13. The number of alkyl halides is 3. The molecule has 10 heteroatoms. The van der Waals surface area contributed by atoms with Crippen LogP contribution in [0.2, 0.25) is 0 Å². The number of sulfonamides is 1. The molecule has 0 N–H and O–H groups in total. The molecule has 0 unspecified atom stereocenters. The fourth-order valence-electron chi connectivity index (χ4n) is 0.985. The number of hydrogen-bond acceptors (Lipinski definition) is 5. The number of carbonyl (C=O) groups is 1. The van der Waals surface area contributed by atoms with Crippen LogP contribution in [0.15, 0.2) is 35.2 Å². The number of rotatable bonds is 4. The summed E-state index contributed by atoms with van der Waals surface area (Å²) in [7, 11) is -4.78. The van der Waals surface area contributed by atoms with E-state index in [1.807, 2.05) is 0 Å². The largest absolute Gasteiger partial charge is 0.542 e. The van der Waals surface area contributed by atoms with E-state index in [1.54, 1.807) is 0 Å². The molecule has 0 fully saturated rings. The minimum Gasteiger partial charge on any atom is -0.327 e. The van der Waals surface area contributed by atoms with Crippen molar-refractivity contribution < 1.29 is 36.1 Å². The van der Waals surface area contributed by atoms with E-state index < -0.39 is 31.9 Å². The van der Waals surface area contributed by atoms with Gasteiger partial charge in [0.1, 0.15) is 4.63 Å². The van der Waals surface area contributed by atoms with Crippen molar-refractivity contribution in [3.8, 4) is 0 Å². The zero-order valence-corrected chi connectivity index (χ0v) is 10.2. The second kappa shape index (κ2) is 5.55. The van der Waals surface area contributed by atoms with Crippen molar-refractivity contribution in [2.45, 2.75) is 18.2 Å². The second-order valence-corrected chi connectivity index (χ2v) is 4.85. The Bertz CT molecular complexity index is 543. The van der Waals surface area contributed by atoms with Crippen LogP contribution in [0.3, 0.4) is 0 Å². The molecule has 0 atom stereocenters. The third kappa shape index (κ3) is 4.50. The lowest BCUT2D eigenvalue weighted by Gasteiger charge is -2.19. The molecule has 0 bridgehead atoms. The molecule has 0 heterocycles. The van der Waals surface area contributed by atoms with Gasteiger partial charge < -0.3 is 4.84 Å². The summed E-state index contributed by atoms with van der Waals surface area (Å²) in [6, 6.07) is 6.07. The number of halogens is 3. The van der Waals surface area contributed by atoms with Crippen LogP contribution in [0.25, 0.3) is 0 Å². The van der Waals surface area contributed by atoms with Crippen LogP contribution in [-0.4, -0.2) is 25.4 Å². The maximum absolute atomic E-state index is 12.1. The van der Waals surface area contributed by atoms with Gasteiger partial charge in [-0.25, -0.2) is 8.42 Å². The second-order valence-electron chi connectivity index (χ2n) is 3.13. The fraction of sp³-hybridized carbons (Fsp3) is 0.222. The quantitative estimate of drug-likeness (QED) is 0.790. The molecule has 1 rings (SSSR count). The molecule has 19 heavy (non-hydrogen) atoms. The topological polar surface area (TPSA) is 72.9 Å². The maximum atomic E-state index is 12.1. The van der Waals surface area contributed by atoms with Gasteiger partial charge in [-0.1, -0.05) is 18.2 Å². The maximum Gasteiger partial charge on any atom is 0.542 e. The Kier molecular flexibility index (Phi) is 4.50. The summed E-state index contributed by atoms with van der Waals surface area (Å²) < 4.78 is 58.9. The monoisotopic (exact) mass is 299 g/mol. The fourth-order valence-corrected chi connectivity index (χ4v) is 2.04. The summed E-state index contributed by atoms with van der Waals surface area (Å²) in [5.41, 5.74) is 0. The normalized spacial score (nSPS) is 12.5. The van der Waals surface area contributed by atoms with Gasteiger partial charge >= 0.3 is 12.3 Å². The van der Waals surface area contributed by atoms with Gasteiger partial charge in [-0.2, -0.15) is 0 Å². The van der Waals surface area contributed by atoms with E-state index in [9.17, 15) is 26.4 Å². The molecule has 0 aliphatic rings. The Morgan fingerprint density at radius 1 is 1.21 bits per heavy atom. The first-order valence-electron chi connectivity index (χ1n) is 4.68. The van der Waals surface area contributed by atoms with Crippen molar-refractivity contribution in [3.05, 3.63) is 30.3 Å². The van der Waals surface area contributed by atoms with Crippen LogP contribution in [0.4, 0.5) is 13.2 Å². The van der Waals surface area contributed by atoms with Gasteiger partial charge in [0.05, 0.1) is 4.90 Å². The van der Waals surface area contributed by atoms with Gasteiger partial charge in [0.15, 0.2) is 0 Å². The van der Waals surface area contributed by atoms with E-state index in [2.05, 4.69) is 9.68 Å². The molecule has 6 nitrogen and oxygen atoms in total. The Morgan fingerprint density at radius 3 is 2.16 bits per heavy atom. The third-order valence-corrected chi connectivity index (χ3v) is 3.03. The predicted octanol–water partition coefficient (Wildman–Crippen LogP) is 1.61. The molecule has 0 aliphatic heterocycles. The highest BCUT2D eigenvalue weighted by molar-refractivity contribution is 7.88. The highest BCUT2D eigenvalue weighted by Crippen LogP contribution is 2.24.